The molecule has 1 heterocycles. The van der Waals surface area contributed by atoms with E-state index in [0.29, 0.717) is 26.2 Å². The third-order valence-corrected chi connectivity index (χ3v) is 8.02. The van der Waals surface area contributed by atoms with E-state index in [1.54, 1.807) is 9.80 Å². The van der Waals surface area contributed by atoms with Gasteiger partial charge in [0.1, 0.15) is 4.90 Å². The van der Waals surface area contributed by atoms with Gasteiger partial charge < -0.3 is 15.1 Å². The van der Waals surface area contributed by atoms with Crippen LogP contribution >= 0.6 is 11.6 Å². The fraction of sp³-hybridized carbons (Fsp3) is 0.600. The molecule has 1 aromatic carbocycles. The molecule has 0 aromatic heterocycles. The van der Waals surface area contributed by atoms with Crippen molar-refractivity contribution in [3.8, 4) is 0 Å². The fourth-order valence-electron chi connectivity index (χ4n) is 3.84. The highest BCUT2D eigenvalue weighted by molar-refractivity contribution is 7.89. The van der Waals surface area contributed by atoms with Gasteiger partial charge in [0.05, 0.1) is 5.02 Å². The lowest BCUT2D eigenvalue weighted by atomic mass is 9.96. The smallest absolute Gasteiger partial charge is 0.317 e. The van der Waals surface area contributed by atoms with Crippen molar-refractivity contribution in [3.63, 3.8) is 0 Å². The Hall–Kier alpha value is -1.84. The van der Waals surface area contributed by atoms with E-state index in [2.05, 4.69) is 5.32 Å². The van der Waals surface area contributed by atoms with Gasteiger partial charge in [-0.3, -0.25) is 4.79 Å². The van der Waals surface area contributed by atoms with Crippen molar-refractivity contribution in [2.75, 3.05) is 40.3 Å². The number of halogens is 1. The van der Waals surface area contributed by atoms with Crippen molar-refractivity contribution < 1.29 is 18.0 Å². The van der Waals surface area contributed by atoms with Crippen LogP contribution in [-0.4, -0.2) is 80.8 Å². The van der Waals surface area contributed by atoms with Gasteiger partial charge in [0.25, 0.3) is 5.91 Å². The molecular formula is C20H29ClN4O4S. The second kappa shape index (κ2) is 9.53. The van der Waals surface area contributed by atoms with Crippen molar-refractivity contribution in [2.45, 2.75) is 43.0 Å². The molecule has 0 spiro atoms. The van der Waals surface area contributed by atoms with E-state index in [1.807, 2.05) is 0 Å². The van der Waals surface area contributed by atoms with Crippen molar-refractivity contribution >= 4 is 33.6 Å². The van der Waals surface area contributed by atoms with Crippen LogP contribution in [0.25, 0.3) is 0 Å². The molecule has 0 unspecified atom stereocenters. The minimum atomic E-state index is -3.76. The van der Waals surface area contributed by atoms with E-state index in [0.717, 1.165) is 30.0 Å². The highest BCUT2D eigenvalue weighted by atomic mass is 35.5. The topological polar surface area (TPSA) is 90.0 Å². The summed E-state index contributed by atoms with van der Waals surface area (Å²) in [6, 6.07) is 4.46. The van der Waals surface area contributed by atoms with Crippen LogP contribution in [0.2, 0.25) is 5.02 Å². The summed E-state index contributed by atoms with van der Waals surface area (Å²) in [6.07, 6.45) is 5.59. The van der Waals surface area contributed by atoms with Crippen molar-refractivity contribution in [1.82, 2.24) is 19.4 Å². The molecule has 1 saturated heterocycles. The number of sulfonamides is 1. The molecule has 1 aliphatic heterocycles. The lowest BCUT2D eigenvalue weighted by molar-refractivity contribution is 0.0662. The van der Waals surface area contributed by atoms with E-state index >= 15 is 0 Å². The Morgan fingerprint density at radius 2 is 1.63 bits per heavy atom. The Labute approximate surface area is 183 Å². The Bertz CT molecular complexity index is 892. The third-order valence-electron chi connectivity index (χ3n) is 5.72. The normalized spacial score (nSPS) is 18.5. The molecule has 1 aromatic rings. The summed E-state index contributed by atoms with van der Waals surface area (Å²) in [5.41, 5.74) is 0.264. The van der Waals surface area contributed by atoms with Gasteiger partial charge in [0.2, 0.25) is 10.0 Å². The van der Waals surface area contributed by atoms with E-state index in [1.165, 1.54) is 38.7 Å². The number of amides is 3. The maximum absolute atomic E-state index is 12.9. The summed E-state index contributed by atoms with van der Waals surface area (Å²) < 4.78 is 26.0. The number of nitrogens with zero attached hydrogens (tertiary/aromatic N) is 3. The van der Waals surface area contributed by atoms with Gasteiger partial charge in [-0.25, -0.2) is 17.5 Å². The maximum atomic E-state index is 12.9. The third kappa shape index (κ3) is 5.07. The molecule has 1 N–H and O–H groups in total. The SMILES string of the molecule is CN(C)S(=O)(=O)c1cc(C(=O)N2CCN(C(=O)NC3CCCCC3)CC2)ccc1Cl. The van der Waals surface area contributed by atoms with Gasteiger partial charge >= 0.3 is 6.03 Å². The summed E-state index contributed by atoms with van der Waals surface area (Å²) in [4.78, 5) is 28.7. The summed E-state index contributed by atoms with van der Waals surface area (Å²) in [7, 11) is -0.930. The van der Waals surface area contributed by atoms with Crippen molar-refractivity contribution in [1.29, 1.82) is 0 Å². The second-order valence-corrected chi connectivity index (χ2v) is 10.5. The summed E-state index contributed by atoms with van der Waals surface area (Å²) in [5.74, 6) is -0.269. The first-order valence-corrected chi connectivity index (χ1v) is 12.1. The van der Waals surface area contributed by atoms with E-state index in [9.17, 15) is 18.0 Å². The molecule has 166 valence electrons. The van der Waals surface area contributed by atoms with Crippen LogP contribution in [0, 0.1) is 0 Å². The number of carbonyl (C=O) groups excluding carboxylic acids is 2. The number of hydrogen-bond donors (Lipinski definition) is 1. The zero-order valence-electron chi connectivity index (χ0n) is 17.4. The molecule has 3 amide bonds. The van der Waals surface area contributed by atoms with Crippen LogP contribution in [0.3, 0.4) is 0 Å². The molecule has 3 rings (SSSR count). The summed E-state index contributed by atoms with van der Waals surface area (Å²) in [5, 5.41) is 3.18. The summed E-state index contributed by atoms with van der Waals surface area (Å²) in [6.45, 7) is 1.69. The van der Waals surface area contributed by atoms with Crippen LogP contribution in [-0.2, 0) is 10.0 Å². The van der Waals surface area contributed by atoms with E-state index in [-0.39, 0.29) is 33.5 Å². The maximum Gasteiger partial charge on any atom is 0.317 e. The second-order valence-electron chi connectivity index (χ2n) is 8.00. The number of carbonyl (C=O) groups is 2. The molecule has 0 bridgehead atoms. The molecule has 1 saturated carbocycles. The van der Waals surface area contributed by atoms with E-state index < -0.39 is 10.0 Å². The van der Waals surface area contributed by atoms with Crippen LogP contribution in [0.1, 0.15) is 42.5 Å². The molecule has 2 aliphatic rings. The minimum absolute atomic E-state index is 0.0696. The zero-order chi connectivity index (χ0) is 21.9. The fourth-order valence-corrected chi connectivity index (χ4v) is 5.23. The average Bonchev–Trinajstić information content (AvgIpc) is 2.74. The number of nitrogens with one attached hydrogen (secondary N) is 1. The molecule has 0 radical (unpaired) electrons. The number of benzene rings is 1. The highest BCUT2D eigenvalue weighted by Crippen LogP contribution is 2.25. The first-order valence-electron chi connectivity index (χ1n) is 10.3. The number of piperazine rings is 1. The largest absolute Gasteiger partial charge is 0.335 e. The lowest BCUT2D eigenvalue weighted by Gasteiger charge is -2.36. The van der Waals surface area contributed by atoms with Crippen LogP contribution < -0.4 is 5.32 Å². The quantitative estimate of drug-likeness (QED) is 0.753. The average molecular weight is 457 g/mol. The molecule has 1 aliphatic carbocycles. The van der Waals surface area contributed by atoms with Gasteiger partial charge in [-0.15, -0.1) is 0 Å². The van der Waals surface area contributed by atoms with Crippen LogP contribution in [0.4, 0.5) is 4.79 Å². The molecular weight excluding hydrogens is 428 g/mol. The van der Waals surface area contributed by atoms with Crippen LogP contribution in [0.5, 0.6) is 0 Å². The monoisotopic (exact) mass is 456 g/mol. The Morgan fingerprint density at radius 1 is 1.03 bits per heavy atom. The number of rotatable bonds is 4. The zero-order valence-corrected chi connectivity index (χ0v) is 19.0. The van der Waals surface area contributed by atoms with Crippen molar-refractivity contribution in [3.05, 3.63) is 28.8 Å². The van der Waals surface area contributed by atoms with Gasteiger partial charge in [0.15, 0.2) is 0 Å². The van der Waals surface area contributed by atoms with Gasteiger partial charge in [-0.2, -0.15) is 0 Å². The van der Waals surface area contributed by atoms with Gasteiger partial charge in [0, 0.05) is 51.9 Å². The summed E-state index contributed by atoms with van der Waals surface area (Å²) >= 11 is 6.07. The minimum Gasteiger partial charge on any atom is -0.335 e. The molecule has 0 atom stereocenters. The Morgan fingerprint density at radius 3 is 2.23 bits per heavy atom. The van der Waals surface area contributed by atoms with Crippen molar-refractivity contribution in [2.24, 2.45) is 0 Å². The molecule has 30 heavy (non-hydrogen) atoms. The standard InChI is InChI=1S/C20H29ClN4O4S/c1-23(2)30(28,29)18-14-15(8-9-17(18)21)19(26)24-10-12-25(13-11-24)20(27)22-16-6-4-3-5-7-16/h8-9,14,16H,3-7,10-13H2,1-2H3,(H,22,27). The first kappa shape index (κ1) is 22.8. The van der Waals surface area contributed by atoms with Gasteiger partial charge in [-0.1, -0.05) is 30.9 Å². The predicted molar refractivity (Wildman–Crippen MR) is 115 cm³/mol. The molecule has 8 nitrogen and oxygen atoms in total. The molecule has 10 heteroatoms. The molecule has 2 fully saturated rings. The number of hydrogen-bond acceptors (Lipinski definition) is 4. The Kier molecular flexibility index (Phi) is 7.26. The van der Waals surface area contributed by atoms with Gasteiger partial charge in [-0.05, 0) is 31.0 Å². The number of urea groups is 1. The van der Waals surface area contributed by atoms with E-state index in [4.69, 9.17) is 11.6 Å². The Balaban J connectivity index is 1.62. The lowest BCUT2D eigenvalue weighted by Crippen LogP contribution is -2.54. The van der Waals surface area contributed by atoms with Crippen LogP contribution in [0.15, 0.2) is 23.1 Å². The first-order chi connectivity index (χ1) is 14.2. The predicted octanol–water partition coefficient (Wildman–Crippen LogP) is 2.39. The highest BCUT2D eigenvalue weighted by Gasteiger charge is 2.28.